The molecule has 0 aliphatic heterocycles. The van der Waals surface area contributed by atoms with Crippen LogP contribution in [0.4, 0.5) is 11.4 Å². The molecule has 5 nitrogen and oxygen atoms in total. The van der Waals surface area contributed by atoms with E-state index >= 15 is 0 Å². The van der Waals surface area contributed by atoms with E-state index in [9.17, 15) is 9.59 Å². The van der Waals surface area contributed by atoms with Crippen molar-refractivity contribution in [1.82, 2.24) is 5.43 Å². The van der Waals surface area contributed by atoms with E-state index in [1.54, 1.807) is 53.5 Å². The van der Waals surface area contributed by atoms with Gasteiger partial charge in [0.1, 0.15) is 0 Å². The van der Waals surface area contributed by atoms with Crippen LogP contribution in [0.15, 0.2) is 48.5 Å². The second-order valence-corrected chi connectivity index (χ2v) is 5.40. The number of thiocarbonyl (C=S) groups is 1. The quantitative estimate of drug-likeness (QED) is 0.499. The van der Waals surface area contributed by atoms with Crippen molar-refractivity contribution >= 4 is 40.3 Å². The summed E-state index contributed by atoms with van der Waals surface area (Å²) in [5.41, 5.74) is 10.6. The van der Waals surface area contributed by atoms with E-state index in [2.05, 4.69) is 5.43 Å². The summed E-state index contributed by atoms with van der Waals surface area (Å²) in [6.45, 7) is 2.96. The highest BCUT2D eigenvalue weighted by molar-refractivity contribution is 7.80. The largest absolute Gasteiger partial charge is 0.375 e. The number of rotatable bonds is 5. The molecule has 118 valence electrons. The number of nitrogens with one attached hydrogen (secondary N) is 1. The molecule has 0 unspecified atom stereocenters. The predicted octanol–water partition coefficient (Wildman–Crippen LogP) is 2.98. The van der Waals surface area contributed by atoms with E-state index in [-0.39, 0.29) is 16.7 Å². The predicted molar refractivity (Wildman–Crippen MR) is 95.0 cm³/mol. The van der Waals surface area contributed by atoms with Crippen molar-refractivity contribution in [3.63, 3.8) is 0 Å². The van der Waals surface area contributed by atoms with Crippen LogP contribution in [-0.4, -0.2) is 16.7 Å². The van der Waals surface area contributed by atoms with Gasteiger partial charge in [0.2, 0.25) is 0 Å². The molecule has 0 atom stereocenters. The molecule has 0 spiro atoms. The van der Waals surface area contributed by atoms with E-state index in [0.29, 0.717) is 22.5 Å². The summed E-state index contributed by atoms with van der Waals surface area (Å²) in [7, 11) is 0. The third-order valence-electron chi connectivity index (χ3n) is 3.27. The maximum Gasteiger partial charge on any atom is 0.183 e. The average molecular weight is 327 g/mol. The first kappa shape index (κ1) is 16.6. The number of hydrogen-bond acceptors (Lipinski definition) is 4. The fourth-order valence-electron chi connectivity index (χ4n) is 2.29. The molecule has 0 heterocycles. The van der Waals surface area contributed by atoms with Crippen LogP contribution in [0.25, 0.3) is 0 Å². The molecule has 0 saturated heterocycles. The minimum atomic E-state index is -0.101. The molecule has 0 fully saturated rings. The summed E-state index contributed by atoms with van der Waals surface area (Å²) in [6, 6.07) is 14.1. The molecule has 3 N–H and O–H groups in total. The number of carbonyl (C=O) groups excluding carboxylic acids is 2. The van der Waals surface area contributed by atoms with Gasteiger partial charge in [-0.1, -0.05) is 24.3 Å². The normalized spacial score (nSPS) is 10.0. The van der Waals surface area contributed by atoms with Crippen molar-refractivity contribution in [3.8, 4) is 0 Å². The molecule has 2 aromatic carbocycles. The number of Topliss-reactive ketones (excluding diaryl/α,β-unsaturated/α-hetero) is 2. The number of carbonyl (C=O) groups is 2. The third-order valence-corrected chi connectivity index (χ3v) is 3.36. The van der Waals surface area contributed by atoms with Crippen LogP contribution in [0.5, 0.6) is 0 Å². The first-order valence-electron chi connectivity index (χ1n) is 6.98. The van der Waals surface area contributed by atoms with E-state index in [4.69, 9.17) is 18.0 Å². The van der Waals surface area contributed by atoms with Crippen LogP contribution in [0.2, 0.25) is 0 Å². The van der Waals surface area contributed by atoms with Crippen LogP contribution in [-0.2, 0) is 0 Å². The Balaban J connectivity index is 2.67. The van der Waals surface area contributed by atoms with Crippen molar-refractivity contribution in [2.24, 2.45) is 5.73 Å². The summed E-state index contributed by atoms with van der Waals surface area (Å²) in [5.74, 6) is -0.203. The molecule has 0 radical (unpaired) electrons. The Morgan fingerprint density at radius 1 is 0.913 bits per heavy atom. The van der Waals surface area contributed by atoms with E-state index < -0.39 is 0 Å². The zero-order chi connectivity index (χ0) is 17.0. The fourth-order valence-corrected chi connectivity index (χ4v) is 2.38. The standard InChI is InChI=1S/C17H17N3O2S/c1-11(21)13-7-3-5-9-15(13)20(19-17(18)23)16-10-6-4-8-14(16)12(2)22/h3-10H,1-2H3,(H3,18,19,23). The highest BCUT2D eigenvalue weighted by Crippen LogP contribution is 2.30. The monoisotopic (exact) mass is 327 g/mol. The minimum absolute atomic E-state index is 0.0294. The van der Waals surface area contributed by atoms with E-state index in [1.165, 1.54) is 13.8 Å². The van der Waals surface area contributed by atoms with Crippen LogP contribution < -0.4 is 16.2 Å². The molecule has 6 heteroatoms. The summed E-state index contributed by atoms with van der Waals surface area (Å²) >= 11 is 4.94. The van der Waals surface area contributed by atoms with Crippen LogP contribution in [0.3, 0.4) is 0 Å². The van der Waals surface area contributed by atoms with Gasteiger partial charge in [0, 0.05) is 11.1 Å². The maximum absolute atomic E-state index is 11.9. The second kappa shape index (κ2) is 7.02. The lowest BCUT2D eigenvalue weighted by Crippen LogP contribution is -2.43. The van der Waals surface area contributed by atoms with Gasteiger partial charge in [-0.25, -0.2) is 0 Å². The first-order valence-corrected chi connectivity index (χ1v) is 7.38. The Morgan fingerprint density at radius 2 is 1.30 bits per heavy atom. The van der Waals surface area contributed by atoms with E-state index in [1.807, 2.05) is 0 Å². The van der Waals surface area contributed by atoms with Gasteiger partial charge in [0.25, 0.3) is 0 Å². The molecular formula is C17H17N3O2S. The molecule has 0 aliphatic carbocycles. The van der Waals surface area contributed by atoms with Crippen LogP contribution in [0, 0.1) is 0 Å². The molecule has 2 rings (SSSR count). The lowest BCUT2D eigenvalue weighted by Gasteiger charge is -2.28. The maximum atomic E-state index is 11.9. The number of hydrogen-bond donors (Lipinski definition) is 2. The summed E-state index contributed by atoms with van der Waals surface area (Å²) in [4.78, 5) is 23.8. The Hall–Kier alpha value is -2.73. The number of nitrogens with zero attached hydrogens (tertiary/aromatic N) is 1. The number of benzene rings is 2. The first-order chi connectivity index (χ1) is 10.9. The SMILES string of the molecule is CC(=O)c1ccccc1N(NC(N)=S)c1ccccc1C(C)=O. The van der Waals surface area contributed by atoms with Gasteiger partial charge in [-0.05, 0) is 50.3 Å². The smallest absolute Gasteiger partial charge is 0.183 e. The van der Waals surface area contributed by atoms with E-state index in [0.717, 1.165) is 0 Å². The van der Waals surface area contributed by atoms with Gasteiger partial charge in [0.05, 0.1) is 11.4 Å². The zero-order valence-electron chi connectivity index (χ0n) is 12.9. The Labute approximate surface area is 140 Å². The number of ketones is 2. The number of nitrogens with two attached hydrogens (primary N) is 1. The van der Waals surface area contributed by atoms with Crippen molar-refractivity contribution in [2.75, 3.05) is 5.01 Å². The molecule has 2 aromatic rings. The molecule has 23 heavy (non-hydrogen) atoms. The summed E-state index contributed by atoms with van der Waals surface area (Å²) < 4.78 is 0. The highest BCUT2D eigenvalue weighted by atomic mass is 32.1. The lowest BCUT2D eigenvalue weighted by molar-refractivity contribution is 0.101. The molecule has 0 saturated carbocycles. The number of anilines is 2. The van der Waals surface area contributed by atoms with Gasteiger partial charge >= 0.3 is 0 Å². The zero-order valence-corrected chi connectivity index (χ0v) is 13.7. The molecule has 0 amide bonds. The van der Waals surface area contributed by atoms with Crippen molar-refractivity contribution < 1.29 is 9.59 Å². The highest BCUT2D eigenvalue weighted by Gasteiger charge is 2.20. The minimum Gasteiger partial charge on any atom is -0.375 e. The van der Waals surface area contributed by atoms with Gasteiger partial charge in [-0.3, -0.25) is 20.0 Å². The second-order valence-electron chi connectivity index (χ2n) is 4.96. The molecular weight excluding hydrogens is 310 g/mol. The summed E-state index contributed by atoms with van der Waals surface area (Å²) in [5, 5.41) is 1.59. The average Bonchev–Trinajstić information content (AvgIpc) is 2.52. The summed E-state index contributed by atoms with van der Waals surface area (Å²) in [6.07, 6.45) is 0. The van der Waals surface area contributed by atoms with Crippen molar-refractivity contribution in [3.05, 3.63) is 59.7 Å². The van der Waals surface area contributed by atoms with Gasteiger partial charge < -0.3 is 5.73 Å². The van der Waals surface area contributed by atoms with Gasteiger partial charge in [-0.15, -0.1) is 0 Å². The topological polar surface area (TPSA) is 75.4 Å². The van der Waals surface area contributed by atoms with Crippen LogP contribution in [0.1, 0.15) is 34.6 Å². The number of para-hydroxylation sites is 2. The molecule has 0 aromatic heterocycles. The third kappa shape index (κ3) is 3.73. The fraction of sp³-hybridized carbons (Fsp3) is 0.118. The Morgan fingerprint density at radius 3 is 1.65 bits per heavy atom. The van der Waals surface area contributed by atoms with Crippen molar-refractivity contribution in [2.45, 2.75) is 13.8 Å². The Bertz CT molecular complexity index is 716. The Kier molecular flexibility index (Phi) is 5.08. The van der Waals surface area contributed by atoms with Crippen molar-refractivity contribution in [1.29, 1.82) is 0 Å². The van der Waals surface area contributed by atoms with Gasteiger partial charge in [0.15, 0.2) is 16.7 Å². The number of hydrazine groups is 1. The lowest BCUT2D eigenvalue weighted by atomic mass is 10.1. The van der Waals surface area contributed by atoms with Crippen LogP contribution >= 0.6 is 12.2 Å². The molecule has 0 aliphatic rings. The molecule has 0 bridgehead atoms. The van der Waals surface area contributed by atoms with Gasteiger partial charge in [-0.2, -0.15) is 0 Å².